The van der Waals surface area contributed by atoms with Gasteiger partial charge in [-0.15, -0.1) is 0 Å². The smallest absolute Gasteiger partial charge is 0.257 e. The first-order valence-corrected chi connectivity index (χ1v) is 8.17. The lowest BCUT2D eigenvalue weighted by molar-refractivity contribution is -0.123. The number of rotatable bonds is 8. The van der Waals surface area contributed by atoms with E-state index >= 15 is 0 Å². The Balaban J connectivity index is 2.70. The van der Waals surface area contributed by atoms with Gasteiger partial charge in [-0.05, 0) is 49.9 Å². The van der Waals surface area contributed by atoms with Crippen molar-refractivity contribution in [1.82, 2.24) is 5.32 Å². The second-order valence-corrected chi connectivity index (χ2v) is 6.30. The van der Waals surface area contributed by atoms with Crippen LogP contribution in [-0.2, 0) is 11.2 Å². The number of ether oxygens (including phenoxy) is 1. The number of halogens is 1. The van der Waals surface area contributed by atoms with Gasteiger partial charge in [0.2, 0.25) is 0 Å². The van der Waals surface area contributed by atoms with Crippen LogP contribution in [0.1, 0.15) is 37.8 Å². The summed E-state index contributed by atoms with van der Waals surface area (Å²) in [6.07, 6.45) is 2.76. The third-order valence-electron chi connectivity index (χ3n) is 3.06. The number of carbonyl (C=O) groups is 1. The van der Waals surface area contributed by atoms with Crippen molar-refractivity contribution in [3.8, 4) is 5.75 Å². The Morgan fingerprint density at radius 1 is 1.48 bits per heavy atom. The molecule has 1 rings (SSSR count). The zero-order chi connectivity index (χ0) is 15.8. The molecule has 0 spiro atoms. The van der Waals surface area contributed by atoms with Crippen LogP contribution in [0, 0.1) is 6.92 Å². The molecule has 0 bridgehead atoms. The average molecular weight is 357 g/mol. The molecule has 1 atom stereocenters. The number of nitrogens with one attached hydrogen (secondary N) is 1. The van der Waals surface area contributed by atoms with Crippen molar-refractivity contribution >= 4 is 21.8 Å². The van der Waals surface area contributed by atoms with Crippen LogP contribution < -0.4 is 15.8 Å². The van der Waals surface area contributed by atoms with E-state index in [1.165, 1.54) is 0 Å². The topological polar surface area (TPSA) is 64.3 Å². The summed E-state index contributed by atoms with van der Waals surface area (Å²) in [5.74, 6) is 0.679. The molecule has 1 aromatic rings. The molecule has 0 saturated heterocycles. The molecule has 1 amide bonds. The fraction of sp³-hybridized carbons (Fsp3) is 0.562. The Hall–Kier alpha value is -1.07. The molecule has 0 aliphatic carbocycles. The van der Waals surface area contributed by atoms with Crippen molar-refractivity contribution in [3.63, 3.8) is 0 Å². The molecule has 3 N–H and O–H groups in total. The van der Waals surface area contributed by atoms with E-state index in [0.717, 1.165) is 34.2 Å². The van der Waals surface area contributed by atoms with Gasteiger partial charge >= 0.3 is 0 Å². The third kappa shape index (κ3) is 6.48. The fourth-order valence-corrected chi connectivity index (χ4v) is 2.72. The van der Waals surface area contributed by atoms with Gasteiger partial charge in [0.15, 0.2) is 6.61 Å². The second-order valence-electron chi connectivity index (χ2n) is 5.38. The summed E-state index contributed by atoms with van der Waals surface area (Å²) in [6, 6.07) is 4.02. The van der Waals surface area contributed by atoms with Crippen molar-refractivity contribution in [3.05, 3.63) is 27.7 Å². The number of amides is 1. The highest BCUT2D eigenvalue weighted by molar-refractivity contribution is 9.10. The van der Waals surface area contributed by atoms with Gasteiger partial charge in [0, 0.05) is 17.1 Å². The van der Waals surface area contributed by atoms with E-state index in [1.54, 1.807) is 0 Å². The first kappa shape index (κ1) is 18.0. The summed E-state index contributed by atoms with van der Waals surface area (Å²) >= 11 is 3.48. The highest BCUT2D eigenvalue weighted by Crippen LogP contribution is 2.29. The molecular formula is C16H25BrN2O2. The zero-order valence-corrected chi connectivity index (χ0v) is 14.6. The van der Waals surface area contributed by atoms with Crippen LogP contribution in [0.2, 0.25) is 0 Å². The van der Waals surface area contributed by atoms with E-state index in [1.807, 2.05) is 26.0 Å². The van der Waals surface area contributed by atoms with Crippen LogP contribution in [0.15, 0.2) is 16.6 Å². The van der Waals surface area contributed by atoms with Gasteiger partial charge in [-0.2, -0.15) is 0 Å². The van der Waals surface area contributed by atoms with E-state index in [4.69, 9.17) is 10.5 Å². The monoisotopic (exact) mass is 356 g/mol. The third-order valence-corrected chi connectivity index (χ3v) is 3.52. The lowest BCUT2D eigenvalue weighted by Crippen LogP contribution is -2.30. The second kappa shape index (κ2) is 9.05. The summed E-state index contributed by atoms with van der Waals surface area (Å²) in [7, 11) is 0. The summed E-state index contributed by atoms with van der Waals surface area (Å²) in [5.41, 5.74) is 7.91. The van der Waals surface area contributed by atoms with Crippen molar-refractivity contribution in [2.75, 3.05) is 13.2 Å². The van der Waals surface area contributed by atoms with E-state index in [-0.39, 0.29) is 18.6 Å². The number of unbranched alkanes of at least 4 members (excludes halogenated alkanes) is 1. The van der Waals surface area contributed by atoms with Gasteiger partial charge in [-0.3, -0.25) is 4.79 Å². The maximum atomic E-state index is 11.7. The van der Waals surface area contributed by atoms with Crippen molar-refractivity contribution < 1.29 is 9.53 Å². The minimum atomic E-state index is -0.0856. The van der Waals surface area contributed by atoms with Crippen LogP contribution in [0.25, 0.3) is 0 Å². The molecule has 0 aliphatic rings. The quantitative estimate of drug-likeness (QED) is 0.703. The van der Waals surface area contributed by atoms with Gasteiger partial charge in [-0.25, -0.2) is 0 Å². The average Bonchev–Trinajstić information content (AvgIpc) is 2.37. The Morgan fingerprint density at radius 2 is 2.19 bits per heavy atom. The van der Waals surface area contributed by atoms with E-state index < -0.39 is 0 Å². The number of nitrogens with two attached hydrogens (primary N) is 1. The van der Waals surface area contributed by atoms with E-state index in [2.05, 4.69) is 28.2 Å². The summed E-state index contributed by atoms with van der Waals surface area (Å²) in [4.78, 5) is 11.7. The van der Waals surface area contributed by atoms with Crippen molar-refractivity contribution in [2.24, 2.45) is 5.73 Å². The van der Waals surface area contributed by atoms with Crippen LogP contribution in [0.3, 0.4) is 0 Å². The maximum absolute atomic E-state index is 11.7. The fourth-order valence-electron chi connectivity index (χ4n) is 2.10. The molecule has 1 aromatic carbocycles. The Labute approximate surface area is 135 Å². The number of hydrogen-bond donors (Lipinski definition) is 2. The van der Waals surface area contributed by atoms with Gasteiger partial charge in [0.25, 0.3) is 5.91 Å². The standard InChI is InChI=1S/C16H25BrN2O2/c1-4-5-6-19-15(20)10-21-16-11(2)7-14(17)9-13(16)8-12(3)18/h7,9,12H,4-6,8,10,18H2,1-3H3,(H,19,20). The van der Waals surface area contributed by atoms with Gasteiger partial charge < -0.3 is 15.8 Å². The van der Waals surface area contributed by atoms with Gasteiger partial charge in [-0.1, -0.05) is 29.3 Å². The normalized spacial score (nSPS) is 12.0. The van der Waals surface area contributed by atoms with Gasteiger partial charge in [0.1, 0.15) is 5.75 Å². The Morgan fingerprint density at radius 3 is 2.81 bits per heavy atom. The molecule has 21 heavy (non-hydrogen) atoms. The Bertz CT molecular complexity index is 476. The van der Waals surface area contributed by atoms with E-state index in [0.29, 0.717) is 13.0 Å². The molecule has 118 valence electrons. The van der Waals surface area contributed by atoms with E-state index in [9.17, 15) is 4.79 Å². The predicted molar refractivity (Wildman–Crippen MR) is 89.6 cm³/mol. The first-order valence-electron chi connectivity index (χ1n) is 7.38. The van der Waals surface area contributed by atoms with Crippen LogP contribution in [-0.4, -0.2) is 25.1 Å². The number of aryl methyl sites for hydroxylation is 1. The molecule has 0 aliphatic heterocycles. The lowest BCUT2D eigenvalue weighted by Gasteiger charge is -2.16. The largest absolute Gasteiger partial charge is 0.483 e. The highest BCUT2D eigenvalue weighted by Gasteiger charge is 2.12. The number of carbonyl (C=O) groups excluding carboxylic acids is 1. The molecule has 5 heteroatoms. The summed E-state index contributed by atoms with van der Waals surface area (Å²) in [6.45, 7) is 6.76. The first-order chi connectivity index (χ1) is 9.93. The predicted octanol–water partition coefficient (Wildman–Crippen LogP) is 2.94. The Kier molecular flexibility index (Phi) is 7.75. The molecule has 0 heterocycles. The molecule has 0 saturated carbocycles. The molecular weight excluding hydrogens is 332 g/mol. The molecule has 0 aromatic heterocycles. The highest BCUT2D eigenvalue weighted by atomic mass is 79.9. The van der Waals surface area contributed by atoms with Gasteiger partial charge in [0.05, 0.1) is 0 Å². The minimum Gasteiger partial charge on any atom is -0.483 e. The summed E-state index contributed by atoms with van der Waals surface area (Å²) in [5, 5.41) is 2.85. The zero-order valence-electron chi connectivity index (χ0n) is 13.0. The van der Waals surface area contributed by atoms with Crippen molar-refractivity contribution in [2.45, 2.75) is 46.1 Å². The summed E-state index contributed by atoms with van der Waals surface area (Å²) < 4.78 is 6.72. The number of hydrogen-bond acceptors (Lipinski definition) is 3. The van der Waals surface area contributed by atoms with Crippen LogP contribution in [0.5, 0.6) is 5.75 Å². The van der Waals surface area contributed by atoms with Crippen LogP contribution >= 0.6 is 15.9 Å². The maximum Gasteiger partial charge on any atom is 0.257 e. The lowest BCUT2D eigenvalue weighted by atomic mass is 10.0. The number of benzene rings is 1. The molecule has 0 fully saturated rings. The van der Waals surface area contributed by atoms with Crippen molar-refractivity contribution in [1.29, 1.82) is 0 Å². The van der Waals surface area contributed by atoms with Crippen LogP contribution in [0.4, 0.5) is 0 Å². The minimum absolute atomic E-state index is 0.0398. The molecule has 4 nitrogen and oxygen atoms in total. The molecule has 0 radical (unpaired) electrons. The SMILES string of the molecule is CCCCNC(=O)COc1c(C)cc(Br)cc1CC(C)N. The molecule has 1 unspecified atom stereocenters.